The van der Waals surface area contributed by atoms with Crippen LogP contribution in [0.25, 0.3) is 0 Å². The van der Waals surface area contributed by atoms with Crippen LogP contribution in [-0.2, 0) is 4.79 Å². The highest BCUT2D eigenvalue weighted by atomic mass is 16.5. The van der Waals surface area contributed by atoms with Gasteiger partial charge in [0.1, 0.15) is 5.75 Å². The Morgan fingerprint density at radius 2 is 2.18 bits per heavy atom. The van der Waals surface area contributed by atoms with E-state index in [0.717, 1.165) is 31.5 Å². The van der Waals surface area contributed by atoms with E-state index in [2.05, 4.69) is 15.6 Å². The van der Waals surface area contributed by atoms with Crippen LogP contribution in [0, 0.1) is 0 Å². The fraction of sp³-hybridized carbons (Fsp3) is 0.294. The van der Waals surface area contributed by atoms with Gasteiger partial charge >= 0.3 is 0 Å². The number of benzene rings is 1. The standard InChI is InChI=1S/C17H19N3O2/c21-17(15-8-1-3-10-18-15)20-13-6-5-7-14(12-13)22-16-9-2-4-11-19-16/h2,4-7,9,11-12,15,18H,1,3,8,10H2,(H,20,21)/t15-/m1/s1. The molecular formula is C17H19N3O2. The maximum atomic E-state index is 12.2. The van der Waals surface area contributed by atoms with Crippen LogP contribution in [0.5, 0.6) is 11.6 Å². The van der Waals surface area contributed by atoms with Crippen LogP contribution in [0.4, 0.5) is 5.69 Å². The minimum Gasteiger partial charge on any atom is -0.439 e. The van der Waals surface area contributed by atoms with Crippen molar-refractivity contribution in [1.29, 1.82) is 0 Å². The topological polar surface area (TPSA) is 63.2 Å². The van der Waals surface area contributed by atoms with Crippen molar-refractivity contribution in [2.45, 2.75) is 25.3 Å². The van der Waals surface area contributed by atoms with Gasteiger partial charge in [-0.05, 0) is 37.6 Å². The Morgan fingerprint density at radius 3 is 2.95 bits per heavy atom. The smallest absolute Gasteiger partial charge is 0.241 e. The molecule has 2 heterocycles. The van der Waals surface area contributed by atoms with Crippen LogP contribution in [0.2, 0.25) is 0 Å². The molecule has 1 aromatic heterocycles. The Bertz CT molecular complexity index is 625. The lowest BCUT2D eigenvalue weighted by atomic mass is 10.0. The summed E-state index contributed by atoms with van der Waals surface area (Å²) in [5.74, 6) is 1.18. The van der Waals surface area contributed by atoms with E-state index in [-0.39, 0.29) is 11.9 Å². The molecule has 0 unspecified atom stereocenters. The Kier molecular flexibility index (Phi) is 4.65. The van der Waals surface area contributed by atoms with E-state index < -0.39 is 0 Å². The summed E-state index contributed by atoms with van der Waals surface area (Å²) in [6.45, 7) is 0.904. The normalized spacial score (nSPS) is 17.7. The third kappa shape index (κ3) is 3.83. The first kappa shape index (κ1) is 14.5. The summed E-state index contributed by atoms with van der Waals surface area (Å²) in [4.78, 5) is 16.3. The van der Waals surface area contributed by atoms with Gasteiger partial charge < -0.3 is 15.4 Å². The molecule has 5 heteroatoms. The van der Waals surface area contributed by atoms with Crippen molar-refractivity contribution in [2.75, 3.05) is 11.9 Å². The van der Waals surface area contributed by atoms with Crippen LogP contribution >= 0.6 is 0 Å². The fourth-order valence-electron chi connectivity index (χ4n) is 2.47. The fourth-order valence-corrected chi connectivity index (χ4v) is 2.47. The maximum Gasteiger partial charge on any atom is 0.241 e. The van der Waals surface area contributed by atoms with Gasteiger partial charge in [-0.3, -0.25) is 4.79 Å². The number of aromatic nitrogens is 1. The van der Waals surface area contributed by atoms with E-state index in [0.29, 0.717) is 11.6 Å². The zero-order valence-electron chi connectivity index (χ0n) is 12.3. The van der Waals surface area contributed by atoms with Gasteiger partial charge in [0, 0.05) is 24.0 Å². The van der Waals surface area contributed by atoms with Crippen molar-refractivity contribution >= 4 is 11.6 Å². The molecule has 0 saturated carbocycles. The van der Waals surface area contributed by atoms with E-state index in [9.17, 15) is 4.79 Å². The number of hydrogen-bond donors (Lipinski definition) is 2. The van der Waals surface area contributed by atoms with Crippen molar-refractivity contribution in [3.05, 3.63) is 48.7 Å². The number of anilines is 1. The predicted molar refractivity (Wildman–Crippen MR) is 85.0 cm³/mol. The molecule has 2 N–H and O–H groups in total. The quantitative estimate of drug-likeness (QED) is 0.910. The van der Waals surface area contributed by atoms with Crippen LogP contribution in [-0.4, -0.2) is 23.5 Å². The van der Waals surface area contributed by atoms with Gasteiger partial charge in [-0.2, -0.15) is 0 Å². The highest BCUT2D eigenvalue weighted by Crippen LogP contribution is 2.22. The largest absolute Gasteiger partial charge is 0.439 e. The first-order valence-corrected chi connectivity index (χ1v) is 7.54. The molecule has 1 aliphatic heterocycles. The first-order chi connectivity index (χ1) is 10.8. The first-order valence-electron chi connectivity index (χ1n) is 7.54. The van der Waals surface area contributed by atoms with Gasteiger partial charge in [0.05, 0.1) is 6.04 Å². The number of hydrogen-bond acceptors (Lipinski definition) is 4. The number of carbonyl (C=O) groups excluding carboxylic acids is 1. The third-order valence-electron chi connectivity index (χ3n) is 3.59. The Balaban J connectivity index is 1.64. The van der Waals surface area contributed by atoms with Gasteiger partial charge in [0.25, 0.3) is 0 Å². The zero-order chi connectivity index (χ0) is 15.2. The van der Waals surface area contributed by atoms with Crippen molar-refractivity contribution in [1.82, 2.24) is 10.3 Å². The number of ether oxygens (including phenoxy) is 1. The van der Waals surface area contributed by atoms with Gasteiger partial charge in [-0.25, -0.2) is 4.98 Å². The molecule has 0 radical (unpaired) electrons. The average molecular weight is 297 g/mol. The molecule has 0 aliphatic carbocycles. The Hall–Kier alpha value is -2.40. The molecule has 0 spiro atoms. The Morgan fingerprint density at radius 1 is 1.23 bits per heavy atom. The van der Waals surface area contributed by atoms with Gasteiger partial charge in [0.15, 0.2) is 0 Å². The monoisotopic (exact) mass is 297 g/mol. The molecule has 1 amide bonds. The summed E-state index contributed by atoms with van der Waals surface area (Å²) in [6, 6.07) is 12.7. The average Bonchev–Trinajstić information content (AvgIpc) is 2.57. The third-order valence-corrected chi connectivity index (χ3v) is 3.59. The lowest BCUT2D eigenvalue weighted by molar-refractivity contribution is -0.118. The summed E-state index contributed by atoms with van der Waals surface area (Å²) >= 11 is 0. The van der Waals surface area contributed by atoms with E-state index in [1.807, 2.05) is 30.3 Å². The summed E-state index contributed by atoms with van der Waals surface area (Å²) in [5.41, 5.74) is 0.728. The Labute approximate surface area is 129 Å². The van der Waals surface area contributed by atoms with Crippen LogP contribution in [0.15, 0.2) is 48.7 Å². The molecule has 0 bridgehead atoms. The van der Waals surface area contributed by atoms with Gasteiger partial charge in [-0.15, -0.1) is 0 Å². The second-order valence-electron chi connectivity index (χ2n) is 5.29. The molecule has 5 nitrogen and oxygen atoms in total. The number of nitrogens with one attached hydrogen (secondary N) is 2. The molecule has 114 valence electrons. The van der Waals surface area contributed by atoms with E-state index >= 15 is 0 Å². The van der Waals surface area contributed by atoms with Crippen LogP contribution in [0.3, 0.4) is 0 Å². The van der Waals surface area contributed by atoms with Crippen molar-refractivity contribution in [3.8, 4) is 11.6 Å². The zero-order valence-corrected chi connectivity index (χ0v) is 12.3. The number of piperidine rings is 1. The van der Waals surface area contributed by atoms with Crippen LogP contribution < -0.4 is 15.4 Å². The molecular weight excluding hydrogens is 278 g/mol. The summed E-state index contributed by atoms with van der Waals surface area (Å²) < 4.78 is 5.67. The van der Waals surface area contributed by atoms with Gasteiger partial charge in [0.2, 0.25) is 11.8 Å². The number of amides is 1. The van der Waals surface area contributed by atoms with Crippen molar-refractivity contribution in [3.63, 3.8) is 0 Å². The minimum atomic E-state index is -0.103. The van der Waals surface area contributed by atoms with Gasteiger partial charge in [-0.1, -0.05) is 18.6 Å². The summed E-state index contributed by atoms with van der Waals surface area (Å²) in [7, 11) is 0. The second kappa shape index (κ2) is 7.04. The number of nitrogens with zero attached hydrogens (tertiary/aromatic N) is 1. The van der Waals surface area contributed by atoms with E-state index in [4.69, 9.17) is 4.74 Å². The SMILES string of the molecule is O=C(Nc1cccc(Oc2ccccn2)c1)[C@H]1CCCCN1. The summed E-state index contributed by atoms with van der Waals surface area (Å²) in [6.07, 6.45) is 4.79. The molecule has 1 aliphatic rings. The van der Waals surface area contributed by atoms with Crippen molar-refractivity contribution in [2.24, 2.45) is 0 Å². The molecule has 2 aromatic rings. The molecule has 1 saturated heterocycles. The number of carbonyl (C=O) groups is 1. The second-order valence-corrected chi connectivity index (χ2v) is 5.29. The highest BCUT2D eigenvalue weighted by molar-refractivity contribution is 5.95. The summed E-state index contributed by atoms with van der Waals surface area (Å²) in [5, 5.41) is 6.18. The van der Waals surface area contributed by atoms with E-state index in [1.54, 1.807) is 18.3 Å². The molecule has 1 fully saturated rings. The lowest BCUT2D eigenvalue weighted by Crippen LogP contribution is -2.43. The lowest BCUT2D eigenvalue weighted by Gasteiger charge is -2.22. The molecule has 1 atom stereocenters. The van der Waals surface area contributed by atoms with Crippen molar-refractivity contribution < 1.29 is 9.53 Å². The molecule has 22 heavy (non-hydrogen) atoms. The van der Waals surface area contributed by atoms with E-state index in [1.165, 1.54) is 0 Å². The number of rotatable bonds is 4. The van der Waals surface area contributed by atoms with Crippen LogP contribution in [0.1, 0.15) is 19.3 Å². The highest BCUT2D eigenvalue weighted by Gasteiger charge is 2.20. The molecule has 1 aromatic carbocycles. The molecule has 3 rings (SSSR count). The minimum absolute atomic E-state index is 0.00897. The maximum absolute atomic E-state index is 12.2. The predicted octanol–water partition coefficient (Wildman–Crippen LogP) is 2.95. The number of pyridine rings is 1.